The number of nitrogens with one attached hydrogen (secondary N) is 2. The fourth-order valence-electron chi connectivity index (χ4n) is 7.70. The Morgan fingerprint density at radius 1 is 0.714 bits per heavy atom. The SMILES string of the molecule is CCCNC(=O)c1ccc(C#C[B-]2(C#Cc3ccc(C(=O)NCCC)cc3)n3c(C)c(CC)c(C)c3C(C)=C3C(C)=C(CC)C(C)=[N+]32)cc1. The third-order valence-corrected chi connectivity index (χ3v) is 10.1. The van der Waals surface area contributed by atoms with E-state index in [0.29, 0.717) is 24.2 Å². The molecule has 0 saturated carbocycles. The topological polar surface area (TPSA) is 66.1 Å². The number of allylic oxidation sites excluding steroid dienone is 3. The molecule has 252 valence electrons. The predicted octanol–water partition coefficient (Wildman–Crippen LogP) is 7.38. The molecule has 0 saturated heterocycles. The summed E-state index contributed by atoms with van der Waals surface area (Å²) in [5, 5.41) is 5.90. The van der Waals surface area contributed by atoms with Crippen molar-refractivity contribution in [2.75, 3.05) is 13.1 Å². The quantitative estimate of drug-likeness (QED) is 0.197. The molecule has 2 N–H and O–H groups in total. The van der Waals surface area contributed by atoms with E-state index in [1.54, 1.807) is 0 Å². The van der Waals surface area contributed by atoms with Crippen LogP contribution in [0.5, 0.6) is 0 Å². The third-order valence-electron chi connectivity index (χ3n) is 10.1. The average Bonchev–Trinajstić information content (AvgIpc) is 3.53. The average molecular weight is 653 g/mol. The van der Waals surface area contributed by atoms with Gasteiger partial charge in [-0.25, -0.2) is 0 Å². The number of carbonyl (C=O) groups is 2. The highest BCUT2D eigenvalue weighted by Crippen LogP contribution is 2.43. The molecule has 0 unspecified atom stereocenters. The summed E-state index contributed by atoms with van der Waals surface area (Å²) >= 11 is 0. The molecule has 0 atom stereocenters. The first-order valence-corrected chi connectivity index (χ1v) is 17.8. The fourth-order valence-corrected chi connectivity index (χ4v) is 7.70. The van der Waals surface area contributed by atoms with Gasteiger partial charge in [0.15, 0.2) is 5.70 Å². The summed E-state index contributed by atoms with van der Waals surface area (Å²) < 4.78 is 4.84. The van der Waals surface area contributed by atoms with E-state index in [1.807, 2.05) is 62.4 Å². The second kappa shape index (κ2) is 14.6. The van der Waals surface area contributed by atoms with E-state index in [4.69, 9.17) is 0 Å². The largest absolute Gasteiger partial charge is 0.520 e. The maximum atomic E-state index is 12.6. The Morgan fingerprint density at radius 2 is 1.20 bits per heavy atom. The first-order valence-electron chi connectivity index (χ1n) is 17.8. The minimum atomic E-state index is -2.05. The second-order valence-electron chi connectivity index (χ2n) is 13.1. The normalized spacial score (nSPS) is 14.5. The van der Waals surface area contributed by atoms with E-state index >= 15 is 0 Å². The summed E-state index contributed by atoms with van der Waals surface area (Å²) in [6.45, 7) is 20.9. The van der Waals surface area contributed by atoms with Gasteiger partial charge in [0, 0.05) is 64.7 Å². The Morgan fingerprint density at radius 3 is 1.63 bits per heavy atom. The van der Waals surface area contributed by atoms with Crippen molar-refractivity contribution in [1.29, 1.82) is 0 Å². The van der Waals surface area contributed by atoms with Crippen LogP contribution in [0.15, 0.2) is 65.4 Å². The molecule has 2 amide bonds. The molecule has 49 heavy (non-hydrogen) atoms. The van der Waals surface area contributed by atoms with Gasteiger partial charge < -0.3 is 19.6 Å². The van der Waals surface area contributed by atoms with Gasteiger partial charge in [0.25, 0.3) is 11.8 Å². The molecule has 0 aliphatic carbocycles. The number of carbonyl (C=O) groups excluding carboxylic acids is 2. The Labute approximate surface area is 292 Å². The monoisotopic (exact) mass is 652 g/mol. The van der Waals surface area contributed by atoms with E-state index < -0.39 is 6.42 Å². The summed E-state index contributed by atoms with van der Waals surface area (Å²) in [4.78, 5) is 25.2. The highest BCUT2D eigenvalue weighted by Gasteiger charge is 2.51. The van der Waals surface area contributed by atoms with Crippen molar-refractivity contribution in [2.45, 2.75) is 88.0 Å². The first-order chi connectivity index (χ1) is 23.5. The van der Waals surface area contributed by atoms with Crippen LogP contribution in [0.3, 0.4) is 0 Å². The zero-order chi connectivity index (χ0) is 35.5. The Kier molecular flexibility index (Phi) is 10.5. The van der Waals surface area contributed by atoms with Crippen LogP contribution < -0.4 is 10.6 Å². The number of hydrogen-bond acceptors (Lipinski definition) is 2. The van der Waals surface area contributed by atoms with Crippen molar-refractivity contribution in [1.82, 2.24) is 15.1 Å². The highest BCUT2D eigenvalue weighted by atomic mass is 16.2. The Hall–Kier alpha value is -5.01. The summed E-state index contributed by atoms with van der Waals surface area (Å²) in [6, 6.07) is 15.1. The lowest BCUT2D eigenvalue weighted by molar-refractivity contribution is -0.330. The Bertz CT molecular complexity index is 1950. The van der Waals surface area contributed by atoms with Crippen LogP contribution in [-0.2, 0) is 6.42 Å². The van der Waals surface area contributed by atoms with Gasteiger partial charge in [-0.15, -0.1) is 11.8 Å². The van der Waals surface area contributed by atoms with Gasteiger partial charge >= 0.3 is 6.42 Å². The molecule has 0 bridgehead atoms. The summed E-state index contributed by atoms with van der Waals surface area (Å²) in [6.07, 6.45) is 1.54. The van der Waals surface area contributed by atoms with Gasteiger partial charge in [0.1, 0.15) is 5.71 Å². The summed E-state index contributed by atoms with van der Waals surface area (Å²) in [5.41, 5.74) is 14.1. The van der Waals surface area contributed by atoms with Crippen molar-refractivity contribution in [3.05, 3.63) is 110 Å². The number of amides is 2. The number of aromatic nitrogens is 1. The molecule has 2 aliphatic heterocycles. The molecule has 0 radical (unpaired) electrons. The molecule has 2 aliphatic rings. The van der Waals surface area contributed by atoms with Crippen LogP contribution in [-0.4, -0.2) is 46.0 Å². The lowest BCUT2D eigenvalue weighted by Gasteiger charge is -2.38. The Balaban J connectivity index is 1.76. The van der Waals surface area contributed by atoms with Crippen LogP contribution in [0.1, 0.15) is 122 Å². The summed E-state index contributed by atoms with van der Waals surface area (Å²) in [7, 11) is 0. The smallest absolute Gasteiger partial charge is 0.435 e. The lowest BCUT2D eigenvalue weighted by atomic mass is 9.45. The third kappa shape index (κ3) is 6.31. The van der Waals surface area contributed by atoms with Gasteiger partial charge in [-0.3, -0.25) is 9.59 Å². The van der Waals surface area contributed by atoms with Crippen LogP contribution >= 0.6 is 0 Å². The molecule has 0 fully saturated rings. The molecule has 7 heteroatoms. The molecule has 3 aromatic rings. The van der Waals surface area contributed by atoms with Crippen molar-refractivity contribution < 1.29 is 14.1 Å². The lowest BCUT2D eigenvalue weighted by Crippen LogP contribution is -2.57. The zero-order valence-corrected chi connectivity index (χ0v) is 30.6. The first kappa shape index (κ1) is 35.3. The van der Waals surface area contributed by atoms with Gasteiger partial charge in [-0.1, -0.05) is 27.7 Å². The van der Waals surface area contributed by atoms with Crippen LogP contribution in [0.25, 0.3) is 5.57 Å². The number of rotatable bonds is 8. The van der Waals surface area contributed by atoms with Crippen molar-refractivity contribution in [2.24, 2.45) is 0 Å². The molecule has 0 spiro atoms. The fraction of sp³-hybridized carbons (Fsp3) is 0.357. The predicted molar refractivity (Wildman–Crippen MR) is 203 cm³/mol. The van der Waals surface area contributed by atoms with E-state index in [1.165, 1.54) is 50.6 Å². The maximum absolute atomic E-state index is 12.6. The van der Waals surface area contributed by atoms with Crippen molar-refractivity contribution in [3.8, 4) is 23.5 Å². The number of fused-ring (bicyclic) bond motifs is 2. The molecule has 6 nitrogen and oxygen atoms in total. The molecule has 2 aromatic carbocycles. The zero-order valence-electron chi connectivity index (χ0n) is 30.6. The van der Waals surface area contributed by atoms with Crippen LogP contribution in [0.4, 0.5) is 0 Å². The van der Waals surface area contributed by atoms with Crippen molar-refractivity contribution in [3.63, 3.8) is 0 Å². The molecule has 3 heterocycles. The summed E-state index contributed by atoms with van der Waals surface area (Å²) in [5.74, 6) is 14.5. The molecular formula is C42H49BN4O2. The van der Waals surface area contributed by atoms with Gasteiger partial charge in [0.2, 0.25) is 0 Å². The van der Waals surface area contributed by atoms with Gasteiger partial charge in [-0.05, 0) is 119 Å². The van der Waals surface area contributed by atoms with E-state index in [2.05, 4.69) is 91.5 Å². The molecular weight excluding hydrogens is 603 g/mol. The number of nitrogens with zero attached hydrogens (tertiary/aromatic N) is 2. The van der Waals surface area contributed by atoms with E-state index in [9.17, 15) is 9.59 Å². The number of benzene rings is 2. The second-order valence-corrected chi connectivity index (χ2v) is 13.1. The minimum absolute atomic E-state index is 0.0783. The van der Waals surface area contributed by atoms with E-state index in [0.717, 1.165) is 36.8 Å². The standard InChI is InChI=1S/C42H49BN4O2/c1-10-26-44-41(48)35-18-14-33(15-19-35)22-24-43(25-23-34-16-20-36(21-17-34)42(49)45-27-11-2)46-31(8)37(12-3)28(5)39(46)30(7)40-29(6)38(13-4)32(9)47(40)43/h14-21H,10-13,26-27H2,1-9H3,(H,44,48)(H,45,49). The molecule has 1 aromatic heterocycles. The van der Waals surface area contributed by atoms with Gasteiger partial charge in [0.05, 0.1) is 0 Å². The number of hydrogen-bond donors (Lipinski definition) is 2. The van der Waals surface area contributed by atoms with Crippen LogP contribution in [0.2, 0.25) is 0 Å². The van der Waals surface area contributed by atoms with Crippen LogP contribution in [0, 0.1) is 37.3 Å². The van der Waals surface area contributed by atoms with Gasteiger partial charge in [-0.2, -0.15) is 11.6 Å². The maximum Gasteiger partial charge on any atom is 0.520 e. The highest BCUT2D eigenvalue weighted by molar-refractivity contribution is 6.87. The van der Waals surface area contributed by atoms with E-state index in [-0.39, 0.29) is 11.8 Å². The minimum Gasteiger partial charge on any atom is -0.435 e. The van der Waals surface area contributed by atoms with Crippen molar-refractivity contribution >= 4 is 29.5 Å². The molecule has 5 rings (SSSR count).